The van der Waals surface area contributed by atoms with E-state index in [0.717, 1.165) is 9.35 Å². The van der Waals surface area contributed by atoms with Crippen LogP contribution in [0.3, 0.4) is 0 Å². The van der Waals surface area contributed by atoms with E-state index in [1.165, 1.54) is 17.4 Å². The minimum Gasteiger partial charge on any atom is -0.375 e. The number of nitro groups is 1. The van der Waals surface area contributed by atoms with Crippen molar-refractivity contribution in [2.24, 2.45) is 0 Å². The SMILES string of the molecule is O=[N+]([O-])c1ccc(Br)cc1NCc1ccc(Cl)s1. The van der Waals surface area contributed by atoms with Crippen molar-refractivity contribution in [2.45, 2.75) is 6.54 Å². The highest BCUT2D eigenvalue weighted by Gasteiger charge is 2.13. The first-order chi connectivity index (χ1) is 8.56. The van der Waals surface area contributed by atoms with Gasteiger partial charge in [-0.05, 0) is 24.3 Å². The quantitative estimate of drug-likeness (QED) is 0.645. The van der Waals surface area contributed by atoms with Crippen molar-refractivity contribution < 1.29 is 4.92 Å². The van der Waals surface area contributed by atoms with Crippen LogP contribution in [0.15, 0.2) is 34.8 Å². The zero-order valence-electron chi connectivity index (χ0n) is 9.02. The molecule has 2 aromatic rings. The molecule has 1 heterocycles. The highest BCUT2D eigenvalue weighted by molar-refractivity contribution is 9.10. The minimum absolute atomic E-state index is 0.0563. The Balaban J connectivity index is 2.17. The summed E-state index contributed by atoms with van der Waals surface area (Å²) in [6, 6.07) is 8.49. The summed E-state index contributed by atoms with van der Waals surface area (Å²) in [5.41, 5.74) is 0.541. The third kappa shape index (κ3) is 3.22. The largest absolute Gasteiger partial charge is 0.375 e. The first-order valence-corrected chi connectivity index (χ1v) is 6.97. The van der Waals surface area contributed by atoms with E-state index in [0.29, 0.717) is 16.6 Å². The van der Waals surface area contributed by atoms with Gasteiger partial charge in [0.15, 0.2) is 0 Å². The van der Waals surface area contributed by atoms with Crippen LogP contribution in [0.2, 0.25) is 4.34 Å². The molecule has 0 aliphatic rings. The van der Waals surface area contributed by atoms with E-state index in [9.17, 15) is 10.1 Å². The number of nitro benzene ring substituents is 1. The maximum absolute atomic E-state index is 10.9. The van der Waals surface area contributed by atoms with Crippen molar-refractivity contribution in [3.05, 3.63) is 54.1 Å². The molecule has 0 unspecified atom stereocenters. The van der Waals surface area contributed by atoms with Gasteiger partial charge in [-0.3, -0.25) is 10.1 Å². The van der Waals surface area contributed by atoms with Gasteiger partial charge in [-0.25, -0.2) is 0 Å². The van der Waals surface area contributed by atoms with Gasteiger partial charge in [0.25, 0.3) is 5.69 Å². The number of thiophene rings is 1. The fourth-order valence-electron chi connectivity index (χ4n) is 1.44. The first kappa shape index (κ1) is 13.3. The van der Waals surface area contributed by atoms with Crippen molar-refractivity contribution in [1.82, 2.24) is 0 Å². The molecule has 94 valence electrons. The summed E-state index contributed by atoms with van der Waals surface area (Å²) in [5.74, 6) is 0. The van der Waals surface area contributed by atoms with E-state index in [4.69, 9.17) is 11.6 Å². The second-order valence-electron chi connectivity index (χ2n) is 3.48. The number of anilines is 1. The Morgan fingerprint density at radius 2 is 2.17 bits per heavy atom. The van der Waals surface area contributed by atoms with Gasteiger partial charge in [-0.2, -0.15) is 0 Å². The summed E-state index contributed by atoms with van der Waals surface area (Å²) in [6.45, 7) is 0.509. The number of rotatable bonds is 4. The fraction of sp³-hybridized carbons (Fsp3) is 0.0909. The summed E-state index contributed by atoms with van der Waals surface area (Å²) in [7, 11) is 0. The number of nitrogens with one attached hydrogen (secondary N) is 1. The van der Waals surface area contributed by atoms with E-state index in [1.54, 1.807) is 18.2 Å². The van der Waals surface area contributed by atoms with Crippen LogP contribution in [0.4, 0.5) is 11.4 Å². The number of hydrogen-bond acceptors (Lipinski definition) is 4. The summed E-state index contributed by atoms with van der Waals surface area (Å²) < 4.78 is 1.50. The van der Waals surface area contributed by atoms with Crippen LogP contribution in [-0.2, 0) is 6.54 Å². The standard InChI is InChI=1S/C11H8BrClN2O2S/c12-7-1-3-10(15(16)17)9(5-7)14-6-8-2-4-11(13)18-8/h1-5,14H,6H2. The average Bonchev–Trinajstić information content (AvgIpc) is 2.72. The monoisotopic (exact) mass is 346 g/mol. The van der Waals surface area contributed by atoms with Crippen LogP contribution in [0.5, 0.6) is 0 Å². The van der Waals surface area contributed by atoms with Gasteiger partial charge in [0, 0.05) is 22.0 Å². The maximum atomic E-state index is 10.9. The molecule has 0 saturated carbocycles. The molecular weight excluding hydrogens is 340 g/mol. The lowest BCUT2D eigenvalue weighted by Crippen LogP contribution is -2.01. The molecule has 0 amide bonds. The molecule has 0 aliphatic carbocycles. The molecular formula is C11H8BrClN2O2S. The van der Waals surface area contributed by atoms with Gasteiger partial charge in [0.05, 0.1) is 9.26 Å². The molecule has 7 heteroatoms. The van der Waals surface area contributed by atoms with Crippen LogP contribution >= 0.6 is 38.9 Å². The Morgan fingerprint density at radius 3 is 2.78 bits per heavy atom. The summed E-state index contributed by atoms with van der Waals surface area (Å²) in [5, 5.41) is 13.9. The van der Waals surface area contributed by atoms with Gasteiger partial charge in [-0.15, -0.1) is 11.3 Å². The molecule has 0 spiro atoms. The van der Waals surface area contributed by atoms with Gasteiger partial charge >= 0.3 is 0 Å². The number of benzene rings is 1. The third-order valence-corrected chi connectivity index (χ3v) is 3.96. The Hall–Kier alpha value is -1.11. The highest BCUT2D eigenvalue weighted by atomic mass is 79.9. The van der Waals surface area contributed by atoms with Gasteiger partial charge in [-0.1, -0.05) is 27.5 Å². The molecule has 4 nitrogen and oxygen atoms in total. The van der Waals surface area contributed by atoms with E-state index >= 15 is 0 Å². The molecule has 1 aromatic carbocycles. The molecule has 1 N–H and O–H groups in total. The van der Waals surface area contributed by atoms with Crippen LogP contribution in [0.1, 0.15) is 4.88 Å². The molecule has 2 rings (SSSR count). The van der Waals surface area contributed by atoms with E-state index < -0.39 is 4.92 Å². The van der Waals surface area contributed by atoms with Crippen molar-refractivity contribution >= 4 is 50.2 Å². The predicted octanol–water partition coefficient (Wildman–Crippen LogP) is 4.68. The van der Waals surface area contributed by atoms with Crippen molar-refractivity contribution in [1.29, 1.82) is 0 Å². The third-order valence-electron chi connectivity index (χ3n) is 2.24. The first-order valence-electron chi connectivity index (χ1n) is 4.98. The number of nitrogens with zero attached hydrogens (tertiary/aromatic N) is 1. The van der Waals surface area contributed by atoms with Crippen LogP contribution in [-0.4, -0.2) is 4.92 Å². The fourth-order valence-corrected chi connectivity index (χ4v) is 2.83. The lowest BCUT2D eigenvalue weighted by molar-refractivity contribution is -0.384. The summed E-state index contributed by atoms with van der Waals surface area (Å²) in [4.78, 5) is 11.5. The molecule has 0 aliphatic heterocycles. The second kappa shape index (κ2) is 5.69. The molecule has 0 atom stereocenters. The van der Waals surface area contributed by atoms with Crippen LogP contribution in [0, 0.1) is 10.1 Å². The molecule has 0 saturated heterocycles. The summed E-state index contributed by atoms with van der Waals surface area (Å²) in [6.07, 6.45) is 0. The number of halogens is 2. The van der Waals surface area contributed by atoms with Crippen molar-refractivity contribution in [3.63, 3.8) is 0 Å². The smallest absolute Gasteiger partial charge is 0.292 e. The van der Waals surface area contributed by atoms with Gasteiger partial charge in [0.2, 0.25) is 0 Å². The Kier molecular flexibility index (Phi) is 4.21. The van der Waals surface area contributed by atoms with E-state index in [2.05, 4.69) is 21.2 Å². The lowest BCUT2D eigenvalue weighted by Gasteiger charge is -2.06. The van der Waals surface area contributed by atoms with E-state index in [1.807, 2.05) is 6.07 Å². The van der Waals surface area contributed by atoms with Gasteiger partial charge < -0.3 is 5.32 Å². The zero-order chi connectivity index (χ0) is 13.1. The normalized spacial score (nSPS) is 10.3. The minimum atomic E-state index is -0.407. The number of hydrogen-bond donors (Lipinski definition) is 1. The Labute approximate surface area is 121 Å². The van der Waals surface area contributed by atoms with Crippen molar-refractivity contribution in [2.75, 3.05) is 5.32 Å². The van der Waals surface area contributed by atoms with Crippen molar-refractivity contribution in [3.8, 4) is 0 Å². The van der Waals surface area contributed by atoms with Crippen LogP contribution in [0.25, 0.3) is 0 Å². The van der Waals surface area contributed by atoms with Crippen LogP contribution < -0.4 is 5.32 Å². The molecule has 0 bridgehead atoms. The second-order valence-corrected chi connectivity index (χ2v) is 6.19. The lowest BCUT2D eigenvalue weighted by atomic mass is 10.2. The van der Waals surface area contributed by atoms with E-state index in [-0.39, 0.29) is 5.69 Å². The molecule has 18 heavy (non-hydrogen) atoms. The predicted molar refractivity (Wildman–Crippen MR) is 77.5 cm³/mol. The molecule has 0 fully saturated rings. The molecule has 0 radical (unpaired) electrons. The maximum Gasteiger partial charge on any atom is 0.292 e. The summed E-state index contributed by atoms with van der Waals surface area (Å²) >= 11 is 10.6. The molecule has 1 aromatic heterocycles. The topological polar surface area (TPSA) is 55.2 Å². The Bertz CT molecular complexity index is 588. The zero-order valence-corrected chi connectivity index (χ0v) is 12.2. The highest BCUT2D eigenvalue weighted by Crippen LogP contribution is 2.29. The van der Waals surface area contributed by atoms with Gasteiger partial charge in [0.1, 0.15) is 5.69 Å². The average molecular weight is 348 g/mol. The Morgan fingerprint density at radius 1 is 1.39 bits per heavy atom.